The lowest BCUT2D eigenvalue weighted by Crippen LogP contribution is -2.17. The number of rotatable bonds is 9. The Balaban J connectivity index is 2.84. The van der Waals surface area contributed by atoms with E-state index in [2.05, 4.69) is 19.2 Å². The average molecular weight is 186 g/mol. The van der Waals surface area contributed by atoms with Gasteiger partial charge >= 0.3 is 0 Å². The minimum atomic E-state index is 0.382. The van der Waals surface area contributed by atoms with Gasteiger partial charge in [0.2, 0.25) is 0 Å². The fraction of sp³-hybridized carbons (Fsp3) is 1.00. The summed E-state index contributed by atoms with van der Waals surface area (Å²) in [6.07, 6.45) is 7.68. The second-order valence-electron chi connectivity index (χ2n) is 3.93. The maximum atomic E-state index is 5.66. The van der Waals surface area contributed by atoms with Gasteiger partial charge in [-0.3, -0.25) is 0 Å². The summed E-state index contributed by atoms with van der Waals surface area (Å²) in [6.45, 7) is 6.67. The highest BCUT2D eigenvalue weighted by atomic mass is 14.8. The Hall–Kier alpha value is -0.0800. The zero-order chi connectivity index (χ0) is 9.94. The van der Waals surface area contributed by atoms with Crippen LogP contribution >= 0.6 is 0 Å². The molecule has 1 unspecified atom stereocenters. The van der Waals surface area contributed by atoms with Gasteiger partial charge in [0.05, 0.1) is 0 Å². The quantitative estimate of drug-likeness (QED) is 0.542. The van der Waals surface area contributed by atoms with E-state index >= 15 is 0 Å². The fourth-order valence-electron chi connectivity index (χ4n) is 1.32. The van der Waals surface area contributed by atoms with Crippen LogP contribution in [0.5, 0.6) is 0 Å². The molecule has 0 saturated carbocycles. The normalized spacial score (nSPS) is 13.2. The van der Waals surface area contributed by atoms with Crippen LogP contribution in [0.4, 0.5) is 0 Å². The van der Waals surface area contributed by atoms with Crippen LogP contribution in [-0.2, 0) is 0 Å². The Kier molecular flexibility index (Phi) is 9.94. The van der Waals surface area contributed by atoms with Gasteiger partial charge < -0.3 is 11.1 Å². The van der Waals surface area contributed by atoms with Gasteiger partial charge in [-0.05, 0) is 39.3 Å². The largest absolute Gasteiger partial charge is 0.328 e. The molecule has 2 nitrogen and oxygen atoms in total. The molecule has 2 heteroatoms. The lowest BCUT2D eigenvalue weighted by Gasteiger charge is -2.05. The van der Waals surface area contributed by atoms with Gasteiger partial charge in [-0.2, -0.15) is 0 Å². The zero-order valence-electron chi connectivity index (χ0n) is 9.31. The molecule has 80 valence electrons. The van der Waals surface area contributed by atoms with Crippen molar-refractivity contribution in [1.82, 2.24) is 5.32 Å². The molecule has 0 aliphatic rings. The molecular formula is C11H26N2. The maximum absolute atomic E-state index is 5.66. The predicted octanol–water partition coefficient (Wildman–Crippen LogP) is 2.28. The standard InChI is InChI=1S/C11H26N2/c1-3-4-9-13-10-7-5-6-8-11(2)12/h11,13H,3-10,12H2,1-2H3. The van der Waals surface area contributed by atoms with Crippen molar-refractivity contribution in [3.63, 3.8) is 0 Å². The SMILES string of the molecule is CCCCNCCCCCC(C)N. The van der Waals surface area contributed by atoms with E-state index in [0.717, 1.165) is 0 Å². The molecule has 0 aliphatic carbocycles. The van der Waals surface area contributed by atoms with Crippen LogP contribution in [-0.4, -0.2) is 19.1 Å². The summed E-state index contributed by atoms with van der Waals surface area (Å²) >= 11 is 0. The minimum absolute atomic E-state index is 0.382. The average Bonchev–Trinajstić information content (AvgIpc) is 2.09. The summed E-state index contributed by atoms with van der Waals surface area (Å²) in [5.41, 5.74) is 5.66. The predicted molar refractivity (Wildman–Crippen MR) is 59.9 cm³/mol. The van der Waals surface area contributed by atoms with Crippen LogP contribution < -0.4 is 11.1 Å². The molecule has 0 rings (SSSR count). The Morgan fingerprint density at radius 2 is 1.77 bits per heavy atom. The van der Waals surface area contributed by atoms with E-state index in [1.165, 1.54) is 51.6 Å². The van der Waals surface area contributed by atoms with Crippen LogP contribution in [0.1, 0.15) is 52.4 Å². The van der Waals surface area contributed by atoms with Crippen molar-refractivity contribution >= 4 is 0 Å². The minimum Gasteiger partial charge on any atom is -0.328 e. The lowest BCUT2D eigenvalue weighted by atomic mass is 10.1. The van der Waals surface area contributed by atoms with Crippen molar-refractivity contribution in [3.05, 3.63) is 0 Å². The van der Waals surface area contributed by atoms with Gasteiger partial charge in [0.15, 0.2) is 0 Å². The topological polar surface area (TPSA) is 38.0 Å². The number of nitrogens with one attached hydrogen (secondary N) is 1. The summed E-state index contributed by atoms with van der Waals surface area (Å²) in [5, 5.41) is 3.44. The van der Waals surface area contributed by atoms with Crippen molar-refractivity contribution in [1.29, 1.82) is 0 Å². The van der Waals surface area contributed by atoms with Crippen molar-refractivity contribution in [3.8, 4) is 0 Å². The molecule has 0 bridgehead atoms. The summed E-state index contributed by atoms with van der Waals surface area (Å²) < 4.78 is 0. The third kappa shape index (κ3) is 11.9. The summed E-state index contributed by atoms with van der Waals surface area (Å²) in [7, 11) is 0. The van der Waals surface area contributed by atoms with Gasteiger partial charge in [0, 0.05) is 6.04 Å². The smallest absolute Gasteiger partial charge is 0.00104 e. The van der Waals surface area contributed by atoms with E-state index in [1.54, 1.807) is 0 Å². The highest BCUT2D eigenvalue weighted by Crippen LogP contribution is 2.00. The first kappa shape index (κ1) is 12.9. The Morgan fingerprint density at radius 1 is 1.08 bits per heavy atom. The van der Waals surface area contributed by atoms with Crippen molar-refractivity contribution in [2.24, 2.45) is 5.73 Å². The Morgan fingerprint density at radius 3 is 2.38 bits per heavy atom. The number of hydrogen-bond donors (Lipinski definition) is 2. The van der Waals surface area contributed by atoms with Crippen molar-refractivity contribution < 1.29 is 0 Å². The first-order chi connectivity index (χ1) is 6.27. The van der Waals surface area contributed by atoms with Crippen LogP contribution in [0.3, 0.4) is 0 Å². The summed E-state index contributed by atoms with van der Waals surface area (Å²) in [6, 6.07) is 0.382. The van der Waals surface area contributed by atoms with Crippen molar-refractivity contribution in [2.45, 2.75) is 58.4 Å². The van der Waals surface area contributed by atoms with Crippen molar-refractivity contribution in [2.75, 3.05) is 13.1 Å². The van der Waals surface area contributed by atoms with Crippen LogP contribution in [0.15, 0.2) is 0 Å². The third-order valence-corrected chi connectivity index (χ3v) is 2.22. The highest BCUT2D eigenvalue weighted by molar-refractivity contribution is 4.54. The van der Waals surface area contributed by atoms with Crippen LogP contribution in [0, 0.1) is 0 Å². The molecular weight excluding hydrogens is 160 g/mol. The highest BCUT2D eigenvalue weighted by Gasteiger charge is 1.93. The molecule has 3 N–H and O–H groups in total. The molecule has 0 amide bonds. The molecule has 0 aromatic heterocycles. The molecule has 0 aromatic rings. The van der Waals surface area contributed by atoms with Gasteiger partial charge in [-0.1, -0.05) is 26.2 Å². The van der Waals surface area contributed by atoms with E-state index < -0.39 is 0 Å². The zero-order valence-corrected chi connectivity index (χ0v) is 9.31. The molecule has 0 spiro atoms. The second kappa shape index (κ2) is 10.0. The van der Waals surface area contributed by atoms with E-state index in [-0.39, 0.29) is 0 Å². The monoisotopic (exact) mass is 186 g/mol. The molecule has 13 heavy (non-hydrogen) atoms. The van der Waals surface area contributed by atoms with E-state index in [9.17, 15) is 0 Å². The maximum Gasteiger partial charge on any atom is 0.00104 e. The van der Waals surface area contributed by atoms with Gasteiger partial charge in [-0.25, -0.2) is 0 Å². The van der Waals surface area contributed by atoms with Crippen LogP contribution in [0.2, 0.25) is 0 Å². The number of nitrogens with two attached hydrogens (primary N) is 1. The first-order valence-electron chi connectivity index (χ1n) is 5.73. The molecule has 0 heterocycles. The summed E-state index contributed by atoms with van der Waals surface area (Å²) in [5.74, 6) is 0. The Labute approximate surface area is 83.3 Å². The van der Waals surface area contributed by atoms with E-state index in [0.29, 0.717) is 6.04 Å². The molecule has 0 saturated heterocycles. The van der Waals surface area contributed by atoms with E-state index in [1.807, 2.05) is 0 Å². The molecule has 0 aliphatic heterocycles. The molecule has 1 atom stereocenters. The first-order valence-corrected chi connectivity index (χ1v) is 5.73. The third-order valence-electron chi connectivity index (χ3n) is 2.22. The molecule has 0 radical (unpaired) electrons. The van der Waals surface area contributed by atoms with E-state index in [4.69, 9.17) is 5.73 Å². The fourth-order valence-corrected chi connectivity index (χ4v) is 1.32. The van der Waals surface area contributed by atoms with Crippen LogP contribution in [0.25, 0.3) is 0 Å². The molecule has 0 fully saturated rings. The number of hydrogen-bond acceptors (Lipinski definition) is 2. The Bertz CT molecular complexity index is 92.1. The lowest BCUT2D eigenvalue weighted by molar-refractivity contribution is 0.549. The molecule has 0 aromatic carbocycles. The van der Waals surface area contributed by atoms with Gasteiger partial charge in [0.1, 0.15) is 0 Å². The second-order valence-corrected chi connectivity index (χ2v) is 3.93. The number of unbranched alkanes of at least 4 members (excludes halogenated alkanes) is 3. The van der Waals surface area contributed by atoms with Gasteiger partial charge in [0.25, 0.3) is 0 Å². The summed E-state index contributed by atoms with van der Waals surface area (Å²) in [4.78, 5) is 0. The van der Waals surface area contributed by atoms with Gasteiger partial charge in [-0.15, -0.1) is 0 Å².